The normalized spacial score (nSPS) is 18.3. The minimum absolute atomic E-state index is 0.133. The number of esters is 1. The van der Waals surface area contributed by atoms with Crippen molar-refractivity contribution < 1.29 is 9.53 Å². The van der Waals surface area contributed by atoms with Gasteiger partial charge in [0.1, 0.15) is 5.41 Å². The molecule has 1 heterocycles. The molecule has 2 rings (SSSR count). The lowest BCUT2D eigenvalue weighted by molar-refractivity contribution is -0.143. The summed E-state index contributed by atoms with van der Waals surface area (Å²) < 4.78 is 5.49. The van der Waals surface area contributed by atoms with Crippen LogP contribution in [0.4, 0.5) is 0 Å². The van der Waals surface area contributed by atoms with E-state index in [2.05, 4.69) is 0 Å². The first-order chi connectivity index (χ1) is 6.19. The van der Waals surface area contributed by atoms with Gasteiger partial charge in [-0.15, -0.1) is 11.3 Å². The lowest BCUT2D eigenvalue weighted by atomic mass is 10.1. The SMILES string of the molecule is COC(=O)C1(c2ccc(Cl)s2)CC1. The molecule has 0 aliphatic heterocycles. The Labute approximate surface area is 85.5 Å². The average Bonchev–Trinajstić information content (AvgIpc) is 2.83. The van der Waals surface area contributed by atoms with Crippen LogP contribution >= 0.6 is 22.9 Å². The molecule has 1 aliphatic rings. The maximum atomic E-state index is 11.4. The van der Waals surface area contributed by atoms with E-state index in [-0.39, 0.29) is 11.4 Å². The van der Waals surface area contributed by atoms with E-state index in [0.717, 1.165) is 22.1 Å². The molecule has 0 spiro atoms. The van der Waals surface area contributed by atoms with Crippen molar-refractivity contribution in [3.8, 4) is 0 Å². The van der Waals surface area contributed by atoms with Crippen molar-refractivity contribution in [2.45, 2.75) is 18.3 Å². The Morgan fingerprint density at radius 1 is 1.62 bits per heavy atom. The van der Waals surface area contributed by atoms with Gasteiger partial charge in [-0.3, -0.25) is 4.79 Å². The van der Waals surface area contributed by atoms with Crippen molar-refractivity contribution in [3.63, 3.8) is 0 Å². The Morgan fingerprint density at radius 3 is 2.69 bits per heavy atom. The van der Waals surface area contributed by atoms with Gasteiger partial charge in [0.15, 0.2) is 0 Å². The Morgan fingerprint density at radius 2 is 2.31 bits per heavy atom. The van der Waals surface area contributed by atoms with Gasteiger partial charge in [-0.05, 0) is 25.0 Å². The predicted molar refractivity (Wildman–Crippen MR) is 52.3 cm³/mol. The van der Waals surface area contributed by atoms with Gasteiger partial charge in [-0.1, -0.05) is 11.6 Å². The van der Waals surface area contributed by atoms with Crippen LogP contribution in [0.25, 0.3) is 0 Å². The van der Waals surface area contributed by atoms with Crippen molar-refractivity contribution in [2.24, 2.45) is 0 Å². The molecule has 13 heavy (non-hydrogen) atoms. The number of thiophene rings is 1. The van der Waals surface area contributed by atoms with Gasteiger partial charge in [0.25, 0.3) is 0 Å². The van der Waals surface area contributed by atoms with Crippen molar-refractivity contribution >= 4 is 28.9 Å². The third kappa shape index (κ3) is 1.36. The summed E-state index contributed by atoms with van der Waals surface area (Å²) in [6.07, 6.45) is 1.77. The molecule has 0 amide bonds. The molecule has 0 N–H and O–H groups in total. The third-order valence-electron chi connectivity index (χ3n) is 2.37. The molecule has 0 atom stereocenters. The fraction of sp³-hybridized carbons (Fsp3) is 0.444. The molecule has 2 nitrogen and oxygen atoms in total. The zero-order chi connectivity index (χ0) is 9.47. The van der Waals surface area contributed by atoms with Gasteiger partial charge in [-0.2, -0.15) is 0 Å². The Kier molecular flexibility index (Phi) is 2.08. The molecule has 1 saturated carbocycles. The molecule has 1 aromatic heterocycles. The highest BCUT2D eigenvalue weighted by molar-refractivity contribution is 7.16. The van der Waals surface area contributed by atoms with E-state index in [1.54, 1.807) is 0 Å². The Hall–Kier alpha value is -0.540. The number of carbonyl (C=O) groups excluding carboxylic acids is 1. The van der Waals surface area contributed by atoms with Gasteiger partial charge in [0, 0.05) is 4.88 Å². The van der Waals surface area contributed by atoms with E-state index in [4.69, 9.17) is 16.3 Å². The van der Waals surface area contributed by atoms with Crippen LogP contribution in [-0.2, 0) is 14.9 Å². The van der Waals surface area contributed by atoms with E-state index in [1.807, 2.05) is 12.1 Å². The third-order valence-corrected chi connectivity index (χ3v) is 3.81. The zero-order valence-electron chi connectivity index (χ0n) is 7.17. The molecule has 0 unspecified atom stereocenters. The minimum Gasteiger partial charge on any atom is -0.468 e. The highest BCUT2D eigenvalue weighted by atomic mass is 35.5. The van der Waals surface area contributed by atoms with E-state index >= 15 is 0 Å². The molecule has 70 valence electrons. The van der Waals surface area contributed by atoms with Gasteiger partial charge in [0.2, 0.25) is 0 Å². The summed E-state index contributed by atoms with van der Waals surface area (Å²) in [5.74, 6) is -0.133. The molecule has 4 heteroatoms. The average molecular weight is 217 g/mol. The Balaban J connectivity index is 2.30. The number of carbonyl (C=O) groups is 1. The molecule has 1 fully saturated rings. The van der Waals surface area contributed by atoms with Crippen LogP contribution in [0.1, 0.15) is 17.7 Å². The van der Waals surface area contributed by atoms with E-state index in [9.17, 15) is 4.79 Å². The lowest BCUT2D eigenvalue weighted by Crippen LogP contribution is -2.20. The van der Waals surface area contributed by atoms with Crippen LogP contribution in [0.2, 0.25) is 4.34 Å². The minimum atomic E-state index is -0.355. The molecular formula is C9H9ClO2S. The topological polar surface area (TPSA) is 26.3 Å². The fourth-order valence-electron chi connectivity index (χ4n) is 1.44. The second-order valence-corrected chi connectivity index (χ2v) is 4.89. The molecule has 1 aliphatic carbocycles. The van der Waals surface area contributed by atoms with Gasteiger partial charge in [0.05, 0.1) is 11.4 Å². The van der Waals surface area contributed by atoms with E-state index < -0.39 is 0 Å². The molecule has 0 aromatic carbocycles. The van der Waals surface area contributed by atoms with Gasteiger partial charge in [-0.25, -0.2) is 0 Å². The van der Waals surface area contributed by atoms with Crippen LogP contribution in [0.5, 0.6) is 0 Å². The number of ether oxygens (including phenoxy) is 1. The monoisotopic (exact) mass is 216 g/mol. The summed E-state index contributed by atoms with van der Waals surface area (Å²) in [7, 11) is 1.43. The largest absolute Gasteiger partial charge is 0.468 e. The van der Waals surface area contributed by atoms with Gasteiger partial charge < -0.3 is 4.74 Å². The number of rotatable bonds is 2. The number of methoxy groups -OCH3 is 1. The van der Waals surface area contributed by atoms with Crippen LogP contribution < -0.4 is 0 Å². The summed E-state index contributed by atoms with van der Waals surface area (Å²) in [5.41, 5.74) is -0.355. The van der Waals surface area contributed by atoms with Crippen molar-refractivity contribution in [1.82, 2.24) is 0 Å². The smallest absolute Gasteiger partial charge is 0.317 e. The summed E-state index contributed by atoms with van der Waals surface area (Å²) >= 11 is 7.27. The van der Waals surface area contributed by atoms with Crippen molar-refractivity contribution in [3.05, 3.63) is 21.3 Å². The quantitative estimate of drug-likeness (QED) is 0.711. The van der Waals surface area contributed by atoms with Crippen LogP contribution in [-0.4, -0.2) is 13.1 Å². The molecule has 0 radical (unpaired) electrons. The summed E-state index contributed by atoms with van der Waals surface area (Å²) in [5, 5.41) is 0. The van der Waals surface area contributed by atoms with E-state index in [0.29, 0.717) is 0 Å². The Bertz CT molecular complexity index is 341. The first kappa shape index (κ1) is 9.03. The van der Waals surface area contributed by atoms with Crippen molar-refractivity contribution in [1.29, 1.82) is 0 Å². The number of hydrogen-bond donors (Lipinski definition) is 0. The molecule has 0 saturated heterocycles. The highest BCUT2D eigenvalue weighted by Crippen LogP contribution is 2.51. The predicted octanol–water partition coefficient (Wildman–Crippen LogP) is 2.61. The molecular weight excluding hydrogens is 208 g/mol. The maximum absolute atomic E-state index is 11.4. The zero-order valence-corrected chi connectivity index (χ0v) is 8.74. The van der Waals surface area contributed by atoms with Gasteiger partial charge >= 0.3 is 5.97 Å². The second kappa shape index (κ2) is 3.00. The van der Waals surface area contributed by atoms with Crippen molar-refractivity contribution in [2.75, 3.05) is 7.11 Å². The standard InChI is InChI=1S/C9H9ClO2S/c1-12-8(11)9(4-5-9)6-2-3-7(10)13-6/h2-3H,4-5H2,1H3. The summed E-state index contributed by atoms with van der Waals surface area (Å²) in [4.78, 5) is 12.5. The van der Waals surface area contributed by atoms with E-state index in [1.165, 1.54) is 18.4 Å². The first-order valence-electron chi connectivity index (χ1n) is 4.03. The lowest BCUT2D eigenvalue weighted by Gasteiger charge is -2.08. The molecule has 1 aromatic rings. The fourth-order valence-corrected chi connectivity index (χ4v) is 2.72. The van der Waals surface area contributed by atoms with Crippen LogP contribution in [0.3, 0.4) is 0 Å². The highest BCUT2D eigenvalue weighted by Gasteiger charge is 2.53. The first-order valence-corrected chi connectivity index (χ1v) is 5.23. The molecule has 0 bridgehead atoms. The van der Waals surface area contributed by atoms with Crippen LogP contribution in [0, 0.1) is 0 Å². The second-order valence-electron chi connectivity index (χ2n) is 3.18. The maximum Gasteiger partial charge on any atom is 0.317 e. The number of hydrogen-bond acceptors (Lipinski definition) is 3. The summed E-state index contributed by atoms with van der Waals surface area (Å²) in [6.45, 7) is 0. The summed E-state index contributed by atoms with van der Waals surface area (Å²) in [6, 6.07) is 3.74. The number of halogens is 1. The van der Waals surface area contributed by atoms with Crippen LogP contribution in [0.15, 0.2) is 12.1 Å².